The lowest BCUT2D eigenvalue weighted by Gasteiger charge is -2.10. The second kappa shape index (κ2) is 12.7. The number of hydrogen-bond acceptors (Lipinski definition) is 7. The highest BCUT2D eigenvalue weighted by Gasteiger charge is 2.17. The van der Waals surface area contributed by atoms with Crippen molar-refractivity contribution in [1.29, 1.82) is 0 Å². The molecule has 2 heterocycles. The minimum absolute atomic E-state index is 0.196. The maximum absolute atomic E-state index is 12.6. The Hall–Kier alpha value is -4.67. The Morgan fingerprint density at radius 1 is 0.780 bits per heavy atom. The molecule has 0 aliphatic carbocycles. The third-order valence-electron chi connectivity index (χ3n) is 6.46. The fourth-order valence-electron chi connectivity index (χ4n) is 4.33. The van der Waals surface area contributed by atoms with Gasteiger partial charge < -0.3 is 19.8 Å². The number of pyridine rings is 1. The van der Waals surface area contributed by atoms with Gasteiger partial charge in [0.05, 0.1) is 30.5 Å². The number of imidazole rings is 1. The van der Waals surface area contributed by atoms with Crippen LogP contribution in [0.25, 0.3) is 33.9 Å². The van der Waals surface area contributed by atoms with Crippen LogP contribution in [0.1, 0.15) is 6.42 Å². The molecule has 9 nitrogen and oxygen atoms in total. The summed E-state index contributed by atoms with van der Waals surface area (Å²) in [4.78, 5) is 13.1. The fourth-order valence-corrected chi connectivity index (χ4v) is 5.40. The molecule has 0 amide bonds. The summed E-state index contributed by atoms with van der Waals surface area (Å²) in [5.74, 6) is 2.78. The van der Waals surface area contributed by atoms with Crippen molar-refractivity contribution >= 4 is 15.8 Å². The SMILES string of the molecule is COc1ccc(S(=O)(=O)NCCCNc2cc(-c3[nH]c(-c4ccccc4)nc3-c3cccc(OC)c3)ccn2)cc1. The van der Waals surface area contributed by atoms with Crippen molar-refractivity contribution in [2.75, 3.05) is 32.6 Å². The number of methoxy groups -OCH3 is 2. The summed E-state index contributed by atoms with van der Waals surface area (Å²) in [6.07, 6.45) is 2.31. The summed E-state index contributed by atoms with van der Waals surface area (Å²) in [5.41, 5.74) is 4.47. The number of nitrogens with one attached hydrogen (secondary N) is 3. The number of rotatable bonds is 12. The Labute approximate surface area is 239 Å². The van der Waals surface area contributed by atoms with E-state index < -0.39 is 10.0 Å². The first kappa shape index (κ1) is 27.9. The maximum Gasteiger partial charge on any atom is 0.240 e. The molecule has 0 unspecified atom stereocenters. The van der Waals surface area contributed by atoms with Gasteiger partial charge in [-0.15, -0.1) is 0 Å². The largest absolute Gasteiger partial charge is 0.497 e. The number of aromatic amines is 1. The third kappa shape index (κ3) is 6.74. The summed E-state index contributed by atoms with van der Waals surface area (Å²) in [5, 5.41) is 3.30. The zero-order chi connectivity index (χ0) is 28.7. The van der Waals surface area contributed by atoms with Crippen LogP contribution in [0.3, 0.4) is 0 Å². The van der Waals surface area contributed by atoms with Gasteiger partial charge in [-0.05, 0) is 55.0 Å². The second-order valence-electron chi connectivity index (χ2n) is 9.19. The predicted octanol–water partition coefficient (Wildman–Crippen LogP) is 5.60. The highest BCUT2D eigenvalue weighted by atomic mass is 32.2. The zero-order valence-corrected chi connectivity index (χ0v) is 23.6. The number of hydrogen-bond donors (Lipinski definition) is 3. The van der Waals surface area contributed by atoms with E-state index in [1.807, 2.05) is 66.7 Å². The Morgan fingerprint density at radius 2 is 1.54 bits per heavy atom. The molecule has 0 bridgehead atoms. The molecule has 210 valence electrons. The van der Waals surface area contributed by atoms with Crippen molar-refractivity contribution in [1.82, 2.24) is 19.7 Å². The van der Waals surface area contributed by atoms with Crippen LogP contribution in [0.5, 0.6) is 11.5 Å². The van der Waals surface area contributed by atoms with Crippen LogP contribution < -0.4 is 19.5 Å². The summed E-state index contributed by atoms with van der Waals surface area (Å²) >= 11 is 0. The Morgan fingerprint density at radius 3 is 2.29 bits per heavy atom. The lowest BCUT2D eigenvalue weighted by Crippen LogP contribution is -2.26. The van der Waals surface area contributed by atoms with E-state index in [1.54, 1.807) is 25.4 Å². The standard InChI is InChI=1S/C31H31N5O4S/c1-39-25-12-14-27(15-13-25)41(37,38)34-18-7-17-32-28-21-24(16-19-33-28)30-29(23-10-6-11-26(20-23)40-2)35-31(36-30)22-8-4-3-5-9-22/h3-6,8-16,19-21,34H,7,17-18H2,1-2H3,(H,32,33)(H,35,36). The van der Waals surface area contributed by atoms with Crippen LogP contribution >= 0.6 is 0 Å². The molecule has 0 fully saturated rings. The average Bonchev–Trinajstić information content (AvgIpc) is 3.47. The van der Waals surface area contributed by atoms with Crippen LogP contribution in [0.15, 0.2) is 102 Å². The van der Waals surface area contributed by atoms with Crippen LogP contribution in [0.4, 0.5) is 5.82 Å². The molecule has 0 aliphatic rings. The predicted molar refractivity (Wildman–Crippen MR) is 161 cm³/mol. The molecule has 0 saturated carbocycles. The normalized spacial score (nSPS) is 11.3. The average molecular weight is 570 g/mol. The number of nitrogens with zero attached hydrogens (tertiary/aromatic N) is 2. The van der Waals surface area contributed by atoms with Crippen molar-refractivity contribution in [2.45, 2.75) is 11.3 Å². The Kier molecular flexibility index (Phi) is 8.61. The quantitative estimate of drug-likeness (QED) is 0.167. The van der Waals surface area contributed by atoms with Gasteiger partial charge >= 0.3 is 0 Å². The van der Waals surface area contributed by atoms with Crippen LogP contribution in [0, 0.1) is 0 Å². The van der Waals surface area contributed by atoms with Gasteiger partial charge in [-0.3, -0.25) is 0 Å². The second-order valence-corrected chi connectivity index (χ2v) is 11.0. The number of anilines is 1. The van der Waals surface area contributed by atoms with Gasteiger partial charge in [-0.1, -0.05) is 42.5 Å². The van der Waals surface area contributed by atoms with Crippen molar-refractivity contribution in [3.8, 4) is 45.4 Å². The zero-order valence-electron chi connectivity index (χ0n) is 22.8. The molecule has 2 aromatic heterocycles. The monoisotopic (exact) mass is 569 g/mol. The Balaban J connectivity index is 1.29. The summed E-state index contributed by atoms with van der Waals surface area (Å²) in [6.45, 7) is 0.810. The van der Waals surface area contributed by atoms with Crippen LogP contribution in [-0.2, 0) is 10.0 Å². The van der Waals surface area contributed by atoms with Crippen molar-refractivity contribution in [3.63, 3.8) is 0 Å². The molecule has 0 spiro atoms. The van der Waals surface area contributed by atoms with E-state index in [-0.39, 0.29) is 11.4 Å². The number of aromatic nitrogens is 3. The first-order valence-corrected chi connectivity index (χ1v) is 14.6. The molecular formula is C31H31N5O4S. The van der Waals surface area contributed by atoms with E-state index in [4.69, 9.17) is 14.5 Å². The Bertz CT molecular complexity index is 1700. The third-order valence-corrected chi connectivity index (χ3v) is 7.94. The van der Waals surface area contributed by atoms with Gasteiger partial charge in [0.2, 0.25) is 10.0 Å². The minimum Gasteiger partial charge on any atom is -0.497 e. The minimum atomic E-state index is -3.60. The highest BCUT2D eigenvalue weighted by molar-refractivity contribution is 7.89. The molecule has 0 radical (unpaired) electrons. The molecule has 0 aliphatic heterocycles. The number of ether oxygens (including phenoxy) is 2. The van der Waals surface area contributed by atoms with Crippen LogP contribution in [0.2, 0.25) is 0 Å². The van der Waals surface area contributed by atoms with Gasteiger partial charge in [0.15, 0.2) is 0 Å². The molecule has 10 heteroatoms. The number of benzene rings is 3. The lowest BCUT2D eigenvalue weighted by molar-refractivity contribution is 0.414. The molecule has 5 rings (SSSR count). The van der Waals surface area contributed by atoms with Gasteiger partial charge in [-0.2, -0.15) is 0 Å². The molecule has 41 heavy (non-hydrogen) atoms. The molecule has 0 atom stereocenters. The number of sulfonamides is 1. The van der Waals surface area contributed by atoms with E-state index >= 15 is 0 Å². The smallest absolute Gasteiger partial charge is 0.240 e. The van der Waals surface area contributed by atoms with E-state index in [0.29, 0.717) is 24.5 Å². The summed E-state index contributed by atoms with van der Waals surface area (Å²) in [7, 11) is -0.418. The van der Waals surface area contributed by atoms with Crippen molar-refractivity contribution in [3.05, 3.63) is 97.2 Å². The first-order chi connectivity index (χ1) is 20.0. The highest BCUT2D eigenvalue weighted by Crippen LogP contribution is 2.35. The topological polar surface area (TPSA) is 118 Å². The van der Waals surface area contributed by atoms with Gasteiger partial charge in [0.1, 0.15) is 23.1 Å². The van der Waals surface area contributed by atoms with E-state index in [9.17, 15) is 8.42 Å². The molecule has 3 N–H and O–H groups in total. The maximum atomic E-state index is 12.6. The van der Waals surface area contributed by atoms with Crippen molar-refractivity contribution in [2.24, 2.45) is 0 Å². The van der Waals surface area contributed by atoms with E-state index in [0.717, 1.165) is 39.7 Å². The fraction of sp³-hybridized carbons (Fsp3) is 0.161. The van der Waals surface area contributed by atoms with Crippen molar-refractivity contribution < 1.29 is 17.9 Å². The molecule has 0 saturated heterocycles. The summed E-state index contributed by atoms with van der Waals surface area (Å²) < 4.78 is 38.3. The van der Waals surface area contributed by atoms with Gasteiger partial charge in [-0.25, -0.2) is 23.1 Å². The first-order valence-electron chi connectivity index (χ1n) is 13.1. The molecule has 5 aromatic rings. The molecule has 3 aromatic carbocycles. The number of H-pyrrole nitrogens is 1. The van der Waals surface area contributed by atoms with E-state index in [1.165, 1.54) is 19.2 Å². The summed E-state index contributed by atoms with van der Waals surface area (Å²) in [6, 6.07) is 27.9. The molecular weight excluding hydrogens is 538 g/mol. The van der Waals surface area contributed by atoms with Gasteiger partial charge in [0.25, 0.3) is 0 Å². The lowest BCUT2D eigenvalue weighted by atomic mass is 10.1. The van der Waals surface area contributed by atoms with Crippen LogP contribution in [-0.4, -0.2) is 50.7 Å². The van der Waals surface area contributed by atoms with Gasteiger partial charge in [0, 0.05) is 36.0 Å². The van der Waals surface area contributed by atoms with E-state index in [2.05, 4.69) is 20.0 Å².